The van der Waals surface area contributed by atoms with Crippen LogP contribution in [0.1, 0.15) is 38.3 Å². The predicted octanol–water partition coefficient (Wildman–Crippen LogP) is 5.23. The summed E-state index contributed by atoms with van der Waals surface area (Å²) in [4.78, 5) is 27.3. The Morgan fingerprint density at radius 3 is 2.50 bits per heavy atom. The Labute approximate surface area is 195 Å². The molecular weight excluding hydrogens is 512 g/mol. The van der Waals surface area contributed by atoms with Crippen molar-refractivity contribution in [3.63, 3.8) is 0 Å². The molecule has 0 fully saturated rings. The highest BCUT2D eigenvalue weighted by molar-refractivity contribution is 9.10. The van der Waals surface area contributed by atoms with Crippen molar-refractivity contribution in [2.45, 2.75) is 52.7 Å². The first-order valence-electron chi connectivity index (χ1n) is 9.94. The molecule has 2 rings (SSSR count). The molecule has 0 saturated carbocycles. The molecule has 0 aliphatic rings. The summed E-state index contributed by atoms with van der Waals surface area (Å²) in [6.45, 7) is 7.83. The van der Waals surface area contributed by atoms with Crippen LogP contribution in [-0.2, 0) is 16.1 Å². The Kier molecular flexibility index (Phi) is 9.37. The van der Waals surface area contributed by atoms with E-state index in [1.165, 1.54) is 0 Å². The lowest BCUT2D eigenvalue weighted by Crippen LogP contribution is -2.50. The lowest BCUT2D eigenvalue weighted by molar-refractivity contribution is -0.142. The van der Waals surface area contributed by atoms with E-state index in [1.54, 1.807) is 11.8 Å². The molecule has 0 unspecified atom stereocenters. The van der Waals surface area contributed by atoms with Gasteiger partial charge in [-0.25, -0.2) is 0 Å². The monoisotopic (exact) mass is 538 g/mol. The van der Waals surface area contributed by atoms with E-state index in [9.17, 15) is 9.59 Å². The fourth-order valence-corrected chi connectivity index (χ4v) is 3.51. The number of halogens is 2. The van der Waals surface area contributed by atoms with E-state index < -0.39 is 6.04 Å². The quantitative estimate of drug-likeness (QED) is 0.474. The molecule has 5 nitrogen and oxygen atoms in total. The third kappa shape index (κ3) is 7.13. The van der Waals surface area contributed by atoms with Gasteiger partial charge in [0, 0.05) is 21.5 Å². The van der Waals surface area contributed by atoms with E-state index in [4.69, 9.17) is 4.74 Å². The van der Waals surface area contributed by atoms with Gasteiger partial charge in [0.15, 0.2) is 6.61 Å². The summed E-state index contributed by atoms with van der Waals surface area (Å²) in [5.74, 6) is 0.192. The number of nitrogens with one attached hydrogen (secondary N) is 1. The maximum Gasteiger partial charge on any atom is 0.261 e. The predicted molar refractivity (Wildman–Crippen MR) is 126 cm³/mol. The molecule has 2 aromatic carbocycles. The number of nitrogens with zero attached hydrogens (tertiary/aromatic N) is 1. The molecule has 30 heavy (non-hydrogen) atoms. The summed E-state index contributed by atoms with van der Waals surface area (Å²) in [7, 11) is 0. The van der Waals surface area contributed by atoms with Crippen LogP contribution >= 0.6 is 31.9 Å². The van der Waals surface area contributed by atoms with Crippen molar-refractivity contribution in [2.24, 2.45) is 0 Å². The van der Waals surface area contributed by atoms with E-state index >= 15 is 0 Å². The van der Waals surface area contributed by atoms with Crippen molar-refractivity contribution in [3.8, 4) is 5.75 Å². The summed E-state index contributed by atoms with van der Waals surface area (Å²) >= 11 is 6.92. The van der Waals surface area contributed by atoms with Crippen molar-refractivity contribution in [1.29, 1.82) is 0 Å². The van der Waals surface area contributed by atoms with Gasteiger partial charge in [-0.05, 0) is 68.7 Å². The highest BCUT2D eigenvalue weighted by atomic mass is 79.9. The molecule has 2 atom stereocenters. The van der Waals surface area contributed by atoms with Gasteiger partial charge in [0.25, 0.3) is 5.91 Å². The summed E-state index contributed by atoms with van der Waals surface area (Å²) in [6, 6.07) is 12.7. The first kappa shape index (κ1) is 24.4. The zero-order valence-corrected chi connectivity index (χ0v) is 20.9. The van der Waals surface area contributed by atoms with Gasteiger partial charge < -0.3 is 15.0 Å². The summed E-state index contributed by atoms with van der Waals surface area (Å²) < 4.78 is 7.63. The van der Waals surface area contributed by atoms with Gasteiger partial charge in [0.2, 0.25) is 5.91 Å². The first-order valence-corrected chi connectivity index (χ1v) is 11.5. The fourth-order valence-electron chi connectivity index (χ4n) is 2.82. The average molecular weight is 540 g/mol. The number of carbonyl (C=O) groups excluding carboxylic acids is 2. The molecule has 0 spiro atoms. The topological polar surface area (TPSA) is 58.6 Å². The van der Waals surface area contributed by atoms with Crippen LogP contribution in [0.25, 0.3) is 0 Å². The van der Waals surface area contributed by atoms with E-state index in [-0.39, 0.29) is 24.5 Å². The molecule has 0 aromatic heterocycles. The van der Waals surface area contributed by atoms with Crippen LogP contribution < -0.4 is 10.1 Å². The zero-order valence-electron chi connectivity index (χ0n) is 17.7. The number of hydrogen-bond acceptors (Lipinski definition) is 3. The standard InChI is InChI=1S/C23H28Br2N2O3/c1-5-16(3)26-23(29)17(4)27(13-18-7-6-8-19(24)12-18)22(28)14-30-20-9-10-21(25)15(2)11-20/h6-12,16-17H,5,13-14H2,1-4H3,(H,26,29)/t16-,17+/m0/s1. The van der Waals surface area contributed by atoms with Crippen LogP contribution in [0, 0.1) is 6.92 Å². The van der Waals surface area contributed by atoms with Crippen LogP contribution in [-0.4, -0.2) is 35.4 Å². The largest absolute Gasteiger partial charge is 0.484 e. The molecule has 0 aliphatic heterocycles. The number of aryl methyl sites for hydroxylation is 1. The maximum absolute atomic E-state index is 13.1. The normalized spacial score (nSPS) is 12.7. The van der Waals surface area contributed by atoms with E-state index in [0.29, 0.717) is 12.3 Å². The number of benzene rings is 2. The van der Waals surface area contributed by atoms with Crippen molar-refractivity contribution in [3.05, 3.63) is 62.5 Å². The van der Waals surface area contributed by atoms with Crippen LogP contribution in [0.2, 0.25) is 0 Å². The van der Waals surface area contributed by atoms with E-state index in [2.05, 4.69) is 37.2 Å². The average Bonchev–Trinajstić information content (AvgIpc) is 2.72. The number of ether oxygens (including phenoxy) is 1. The molecule has 2 aromatic rings. The summed E-state index contributed by atoms with van der Waals surface area (Å²) in [5.41, 5.74) is 1.95. The molecular formula is C23H28Br2N2O3. The zero-order chi connectivity index (χ0) is 22.3. The Bertz CT molecular complexity index is 889. The van der Waals surface area contributed by atoms with Gasteiger partial charge in [-0.15, -0.1) is 0 Å². The van der Waals surface area contributed by atoms with E-state index in [0.717, 1.165) is 26.5 Å². The summed E-state index contributed by atoms with van der Waals surface area (Å²) in [5, 5.41) is 2.96. The second-order valence-electron chi connectivity index (χ2n) is 7.35. The fraction of sp³-hybridized carbons (Fsp3) is 0.391. The van der Waals surface area contributed by atoms with Crippen molar-refractivity contribution >= 4 is 43.7 Å². The van der Waals surface area contributed by atoms with Gasteiger partial charge in [-0.2, -0.15) is 0 Å². The lowest BCUT2D eigenvalue weighted by Gasteiger charge is -2.29. The number of rotatable bonds is 9. The molecule has 0 heterocycles. The molecule has 2 amide bonds. The van der Waals surface area contributed by atoms with Crippen LogP contribution in [0.3, 0.4) is 0 Å². The van der Waals surface area contributed by atoms with Gasteiger partial charge in [-0.3, -0.25) is 9.59 Å². The SMILES string of the molecule is CC[C@H](C)NC(=O)[C@@H](C)N(Cc1cccc(Br)c1)C(=O)COc1ccc(Br)c(C)c1. The van der Waals surface area contributed by atoms with Crippen molar-refractivity contribution in [2.75, 3.05) is 6.61 Å². The minimum Gasteiger partial charge on any atom is -0.484 e. The third-order valence-electron chi connectivity index (χ3n) is 4.90. The Morgan fingerprint density at radius 1 is 1.13 bits per heavy atom. The van der Waals surface area contributed by atoms with Gasteiger partial charge in [0.1, 0.15) is 11.8 Å². The second kappa shape index (κ2) is 11.5. The molecule has 0 aliphatic carbocycles. The molecule has 1 N–H and O–H groups in total. The van der Waals surface area contributed by atoms with Gasteiger partial charge in [0.05, 0.1) is 0 Å². The van der Waals surface area contributed by atoms with Crippen LogP contribution in [0.15, 0.2) is 51.4 Å². The molecule has 0 bridgehead atoms. The highest BCUT2D eigenvalue weighted by Crippen LogP contribution is 2.22. The van der Waals surface area contributed by atoms with Crippen molar-refractivity contribution < 1.29 is 14.3 Å². The second-order valence-corrected chi connectivity index (χ2v) is 9.12. The molecule has 7 heteroatoms. The smallest absolute Gasteiger partial charge is 0.261 e. The minimum atomic E-state index is -0.624. The van der Waals surface area contributed by atoms with Crippen LogP contribution in [0.5, 0.6) is 5.75 Å². The lowest BCUT2D eigenvalue weighted by atomic mass is 10.1. The van der Waals surface area contributed by atoms with E-state index in [1.807, 2.05) is 63.2 Å². The minimum absolute atomic E-state index is 0.0461. The highest BCUT2D eigenvalue weighted by Gasteiger charge is 2.27. The third-order valence-corrected chi connectivity index (χ3v) is 6.28. The van der Waals surface area contributed by atoms with Crippen LogP contribution in [0.4, 0.5) is 0 Å². The molecule has 0 saturated heterocycles. The number of carbonyl (C=O) groups is 2. The Hall–Kier alpha value is -1.86. The maximum atomic E-state index is 13.1. The van der Waals surface area contributed by atoms with Gasteiger partial charge in [-0.1, -0.05) is 50.9 Å². The van der Waals surface area contributed by atoms with Gasteiger partial charge >= 0.3 is 0 Å². The number of hydrogen-bond donors (Lipinski definition) is 1. The Balaban J connectivity index is 2.16. The number of amides is 2. The first-order chi connectivity index (χ1) is 14.2. The molecule has 0 radical (unpaired) electrons. The summed E-state index contributed by atoms with van der Waals surface area (Å²) in [6.07, 6.45) is 0.823. The van der Waals surface area contributed by atoms with Crippen molar-refractivity contribution in [1.82, 2.24) is 10.2 Å². The molecule has 162 valence electrons. The Morgan fingerprint density at radius 2 is 1.87 bits per heavy atom.